The van der Waals surface area contributed by atoms with Gasteiger partial charge in [0.2, 0.25) is 0 Å². The summed E-state index contributed by atoms with van der Waals surface area (Å²) in [6, 6.07) is 3.63. The van der Waals surface area contributed by atoms with E-state index in [-0.39, 0.29) is 5.56 Å². The lowest BCUT2D eigenvalue weighted by molar-refractivity contribution is 0.827. The van der Waals surface area contributed by atoms with Gasteiger partial charge < -0.3 is 4.98 Å². The maximum absolute atomic E-state index is 11.3. The van der Waals surface area contributed by atoms with Crippen molar-refractivity contribution in [2.75, 3.05) is 0 Å². The molecule has 0 radical (unpaired) electrons. The van der Waals surface area contributed by atoms with Crippen LogP contribution in [0.25, 0.3) is 11.0 Å². The van der Waals surface area contributed by atoms with Gasteiger partial charge in [0.15, 0.2) is 0 Å². The first-order valence-electron chi connectivity index (χ1n) is 4.53. The molecule has 14 heavy (non-hydrogen) atoms. The van der Waals surface area contributed by atoms with Crippen molar-refractivity contribution < 1.29 is 0 Å². The predicted molar refractivity (Wildman–Crippen MR) is 54.2 cm³/mol. The smallest absolute Gasteiger partial charge is 0.282 e. The monoisotopic (exact) mass is 189 g/mol. The maximum atomic E-state index is 11.3. The molecule has 0 fully saturated rings. The Bertz CT molecular complexity index is 516. The summed E-state index contributed by atoms with van der Waals surface area (Å²) in [7, 11) is 0. The average molecular weight is 189 g/mol. The lowest BCUT2D eigenvalue weighted by Gasteiger charge is -2.04. The molecular weight excluding hydrogens is 178 g/mol. The van der Waals surface area contributed by atoms with E-state index in [0.717, 1.165) is 5.69 Å². The third-order valence-corrected chi connectivity index (χ3v) is 2.12. The highest BCUT2D eigenvalue weighted by Crippen LogP contribution is 2.13. The van der Waals surface area contributed by atoms with Crippen LogP contribution in [0.4, 0.5) is 0 Å². The van der Waals surface area contributed by atoms with E-state index >= 15 is 0 Å². The van der Waals surface area contributed by atoms with E-state index < -0.39 is 0 Å². The molecule has 0 aromatic carbocycles. The number of hydrogen-bond donors (Lipinski definition) is 1. The van der Waals surface area contributed by atoms with Crippen molar-refractivity contribution >= 4 is 11.0 Å². The number of nitrogens with one attached hydrogen (secondary N) is 1. The first-order chi connectivity index (χ1) is 6.68. The van der Waals surface area contributed by atoms with Crippen LogP contribution in [0.3, 0.4) is 0 Å². The minimum atomic E-state index is -0.235. The summed E-state index contributed by atoms with van der Waals surface area (Å²) in [6.45, 7) is 4.13. The zero-order valence-corrected chi connectivity index (χ0v) is 8.11. The number of aromatic amines is 1. The van der Waals surface area contributed by atoms with Crippen molar-refractivity contribution in [1.82, 2.24) is 15.0 Å². The molecule has 2 aromatic rings. The third-order valence-electron chi connectivity index (χ3n) is 2.12. The number of pyridine rings is 1. The summed E-state index contributed by atoms with van der Waals surface area (Å²) < 4.78 is 0. The zero-order chi connectivity index (χ0) is 10.1. The van der Waals surface area contributed by atoms with Gasteiger partial charge in [-0.3, -0.25) is 4.79 Å². The Morgan fingerprint density at radius 2 is 2.14 bits per heavy atom. The molecule has 4 heteroatoms. The van der Waals surface area contributed by atoms with Gasteiger partial charge in [-0.1, -0.05) is 13.8 Å². The molecular formula is C10H11N3O. The summed E-state index contributed by atoms with van der Waals surface area (Å²) in [5.74, 6) is 0.357. The van der Waals surface area contributed by atoms with Gasteiger partial charge in [-0.25, -0.2) is 4.98 Å². The highest BCUT2D eigenvalue weighted by molar-refractivity contribution is 5.72. The number of rotatable bonds is 1. The second kappa shape index (κ2) is 3.21. The molecule has 0 unspecified atom stereocenters. The van der Waals surface area contributed by atoms with Crippen molar-refractivity contribution in [3.8, 4) is 0 Å². The van der Waals surface area contributed by atoms with E-state index in [1.807, 2.05) is 6.07 Å². The van der Waals surface area contributed by atoms with Gasteiger partial charge in [0.1, 0.15) is 5.65 Å². The number of aromatic nitrogens is 3. The Morgan fingerprint density at radius 3 is 2.86 bits per heavy atom. The number of H-pyrrole nitrogens is 1. The molecule has 0 bridgehead atoms. The molecule has 0 atom stereocenters. The van der Waals surface area contributed by atoms with Crippen molar-refractivity contribution in [1.29, 1.82) is 0 Å². The summed E-state index contributed by atoms with van der Waals surface area (Å²) in [5, 5.41) is 0.539. The van der Waals surface area contributed by atoms with Gasteiger partial charge in [-0.05, 0) is 18.1 Å². The Morgan fingerprint density at radius 1 is 1.36 bits per heavy atom. The maximum Gasteiger partial charge on any atom is 0.282 e. The van der Waals surface area contributed by atoms with Crippen LogP contribution in [0.2, 0.25) is 0 Å². The molecule has 1 N–H and O–H groups in total. The number of nitrogens with zero attached hydrogens (tertiary/aromatic N) is 2. The number of hydrogen-bond acceptors (Lipinski definition) is 3. The average Bonchev–Trinajstić information content (AvgIpc) is 2.17. The van der Waals surface area contributed by atoms with Gasteiger partial charge in [-0.15, -0.1) is 0 Å². The van der Waals surface area contributed by atoms with Crippen LogP contribution in [0.15, 0.2) is 23.3 Å². The molecule has 2 rings (SSSR count). The van der Waals surface area contributed by atoms with Gasteiger partial charge in [0.25, 0.3) is 5.56 Å². The highest BCUT2D eigenvalue weighted by atomic mass is 16.1. The van der Waals surface area contributed by atoms with Crippen molar-refractivity contribution in [2.24, 2.45) is 0 Å². The standard InChI is InChI=1S/C10H11N3O/c1-6(2)8-4-3-7-9(13-8)11-5-12-10(7)14/h3-6H,1-2H3,(H,11,12,13,14). The topological polar surface area (TPSA) is 58.6 Å². The molecule has 0 aliphatic heterocycles. The van der Waals surface area contributed by atoms with Crippen LogP contribution >= 0.6 is 0 Å². The second-order valence-corrected chi connectivity index (χ2v) is 3.49. The van der Waals surface area contributed by atoms with Crippen molar-refractivity contribution in [2.45, 2.75) is 19.8 Å². The highest BCUT2D eigenvalue weighted by Gasteiger charge is 2.04. The lowest BCUT2D eigenvalue weighted by atomic mass is 10.1. The fourth-order valence-electron chi connectivity index (χ4n) is 1.30. The van der Waals surface area contributed by atoms with E-state index in [1.54, 1.807) is 6.07 Å². The van der Waals surface area contributed by atoms with Gasteiger partial charge in [0, 0.05) is 5.69 Å². The predicted octanol–water partition coefficient (Wildman–Crippen LogP) is 1.44. The van der Waals surface area contributed by atoms with E-state index in [4.69, 9.17) is 0 Å². The Kier molecular flexibility index (Phi) is 2.04. The molecule has 0 aliphatic carbocycles. The minimum absolute atomic E-state index is 0.235. The van der Waals surface area contributed by atoms with Gasteiger partial charge in [0.05, 0.1) is 11.7 Å². The molecule has 2 aromatic heterocycles. The van der Waals surface area contributed by atoms with E-state index in [9.17, 15) is 4.79 Å². The van der Waals surface area contributed by atoms with Crippen LogP contribution < -0.4 is 5.56 Å². The van der Waals surface area contributed by atoms with Crippen LogP contribution in [0.5, 0.6) is 0 Å². The molecule has 0 aliphatic rings. The second-order valence-electron chi connectivity index (χ2n) is 3.49. The molecule has 0 spiro atoms. The van der Waals surface area contributed by atoms with Crippen LogP contribution in [-0.4, -0.2) is 15.0 Å². The molecule has 0 saturated carbocycles. The zero-order valence-electron chi connectivity index (χ0n) is 8.11. The quantitative estimate of drug-likeness (QED) is 0.738. The van der Waals surface area contributed by atoms with Gasteiger partial charge in [-0.2, -0.15) is 4.98 Å². The lowest BCUT2D eigenvalue weighted by Crippen LogP contribution is -2.08. The Labute approximate surface area is 81.0 Å². The van der Waals surface area contributed by atoms with E-state index in [2.05, 4.69) is 28.8 Å². The first-order valence-corrected chi connectivity index (χ1v) is 4.53. The molecule has 4 nitrogen and oxygen atoms in total. The fourth-order valence-corrected chi connectivity index (χ4v) is 1.30. The molecule has 0 saturated heterocycles. The van der Waals surface area contributed by atoms with E-state index in [1.165, 1.54) is 6.33 Å². The summed E-state index contributed by atoms with van der Waals surface area (Å²) in [4.78, 5) is 22.1. The van der Waals surface area contributed by atoms with Crippen LogP contribution in [0, 0.1) is 0 Å². The third kappa shape index (κ3) is 1.39. The Hall–Kier alpha value is -1.71. The normalized spacial score (nSPS) is 11.1. The van der Waals surface area contributed by atoms with Crippen molar-refractivity contribution in [3.63, 3.8) is 0 Å². The van der Waals surface area contributed by atoms with E-state index in [0.29, 0.717) is 17.0 Å². The molecule has 2 heterocycles. The molecule has 0 amide bonds. The van der Waals surface area contributed by atoms with Crippen LogP contribution in [0.1, 0.15) is 25.5 Å². The summed E-state index contributed by atoms with van der Waals surface area (Å²) >= 11 is 0. The Balaban J connectivity index is 2.74. The number of fused-ring (bicyclic) bond motifs is 1. The molecule has 72 valence electrons. The fraction of sp³-hybridized carbons (Fsp3) is 0.300. The minimum Gasteiger partial charge on any atom is -0.330 e. The van der Waals surface area contributed by atoms with Crippen LogP contribution in [-0.2, 0) is 0 Å². The summed E-state index contributed by atoms with van der Waals surface area (Å²) in [6.07, 6.45) is 1.38. The SMILES string of the molecule is CC(C)c1ccc2c(=O)nc[nH]c2n1. The largest absolute Gasteiger partial charge is 0.330 e. The van der Waals surface area contributed by atoms with Gasteiger partial charge >= 0.3 is 0 Å². The van der Waals surface area contributed by atoms with Crippen molar-refractivity contribution in [3.05, 3.63) is 34.5 Å². The first kappa shape index (κ1) is 8.87. The summed E-state index contributed by atoms with van der Waals surface area (Å²) in [5.41, 5.74) is 1.34.